The van der Waals surface area contributed by atoms with Crippen LogP contribution in [-0.4, -0.2) is 37.9 Å². The summed E-state index contributed by atoms with van der Waals surface area (Å²) in [6.07, 6.45) is 3.15. The third kappa shape index (κ3) is 4.09. The Morgan fingerprint density at radius 3 is 2.61 bits per heavy atom. The predicted molar refractivity (Wildman–Crippen MR) is 83.6 cm³/mol. The minimum atomic E-state index is -1.10. The molecule has 2 rings (SSSR count). The Balaban J connectivity index is 2.16. The molecule has 1 unspecified atom stereocenters. The van der Waals surface area contributed by atoms with Gasteiger partial charge in [-0.3, -0.25) is 4.79 Å². The SMILES string of the molecule is CCCCC(NC(=O)c1nn(-c2ccccc2)cc1O)C(=O)O. The van der Waals surface area contributed by atoms with Gasteiger partial charge in [0.2, 0.25) is 0 Å². The average molecular weight is 317 g/mol. The second-order valence-corrected chi connectivity index (χ2v) is 5.15. The van der Waals surface area contributed by atoms with Crippen molar-refractivity contribution in [3.8, 4) is 11.4 Å². The first kappa shape index (κ1) is 16.5. The van der Waals surface area contributed by atoms with Gasteiger partial charge < -0.3 is 15.5 Å². The Kier molecular flexibility index (Phi) is 5.35. The molecule has 1 aromatic heterocycles. The first-order chi connectivity index (χ1) is 11.0. The monoisotopic (exact) mass is 317 g/mol. The predicted octanol–water partition coefficient (Wildman–Crippen LogP) is 1.95. The highest BCUT2D eigenvalue weighted by Gasteiger charge is 2.24. The zero-order chi connectivity index (χ0) is 16.8. The number of aromatic nitrogens is 2. The van der Waals surface area contributed by atoms with Crippen molar-refractivity contribution in [1.82, 2.24) is 15.1 Å². The molecule has 0 fully saturated rings. The smallest absolute Gasteiger partial charge is 0.326 e. The lowest BCUT2D eigenvalue weighted by Crippen LogP contribution is -2.41. The fraction of sp³-hybridized carbons (Fsp3) is 0.312. The minimum absolute atomic E-state index is 0.198. The minimum Gasteiger partial charge on any atom is -0.504 e. The van der Waals surface area contributed by atoms with Crippen molar-refractivity contribution in [2.75, 3.05) is 0 Å². The molecule has 0 aliphatic heterocycles. The van der Waals surface area contributed by atoms with E-state index in [1.54, 1.807) is 24.3 Å². The zero-order valence-corrected chi connectivity index (χ0v) is 12.8. The summed E-state index contributed by atoms with van der Waals surface area (Å²) in [5.74, 6) is -2.11. The molecule has 3 N–H and O–H groups in total. The summed E-state index contributed by atoms with van der Waals surface area (Å²) in [4.78, 5) is 23.4. The lowest BCUT2D eigenvalue weighted by Gasteiger charge is -2.13. The van der Waals surface area contributed by atoms with Crippen molar-refractivity contribution in [2.45, 2.75) is 32.2 Å². The first-order valence-corrected chi connectivity index (χ1v) is 7.40. The number of carboxylic acid groups (broad SMARTS) is 1. The second kappa shape index (κ2) is 7.44. The van der Waals surface area contributed by atoms with Gasteiger partial charge in [0.15, 0.2) is 11.4 Å². The van der Waals surface area contributed by atoms with Crippen molar-refractivity contribution in [1.29, 1.82) is 0 Å². The topological polar surface area (TPSA) is 104 Å². The quantitative estimate of drug-likeness (QED) is 0.724. The molecule has 1 heterocycles. The van der Waals surface area contributed by atoms with Gasteiger partial charge in [-0.15, -0.1) is 0 Å². The van der Waals surface area contributed by atoms with E-state index in [1.165, 1.54) is 10.9 Å². The number of nitrogens with one attached hydrogen (secondary N) is 1. The molecule has 0 saturated heterocycles. The lowest BCUT2D eigenvalue weighted by molar-refractivity contribution is -0.139. The number of unbranched alkanes of at least 4 members (excludes halogenated alkanes) is 1. The van der Waals surface area contributed by atoms with Gasteiger partial charge in [-0.2, -0.15) is 5.10 Å². The fourth-order valence-electron chi connectivity index (χ4n) is 2.13. The van der Waals surface area contributed by atoms with Gasteiger partial charge in [-0.05, 0) is 18.6 Å². The Morgan fingerprint density at radius 1 is 1.30 bits per heavy atom. The van der Waals surface area contributed by atoms with Crippen LogP contribution in [0.3, 0.4) is 0 Å². The number of carbonyl (C=O) groups is 2. The summed E-state index contributed by atoms with van der Waals surface area (Å²) in [6.45, 7) is 1.94. The number of hydrogen-bond acceptors (Lipinski definition) is 4. The van der Waals surface area contributed by atoms with Gasteiger partial charge in [0.1, 0.15) is 6.04 Å². The van der Waals surface area contributed by atoms with E-state index in [2.05, 4.69) is 10.4 Å². The van der Waals surface area contributed by atoms with E-state index in [9.17, 15) is 14.7 Å². The number of rotatable bonds is 7. The summed E-state index contributed by atoms with van der Waals surface area (Å²) in [5, 5.41) is 25.5. The van der Waals surface area contributed by atoms with Crippen molar-refractivity contribution < 1.29 is 19.8 Å². The molecule has 2 aromatic rings. The van der Waals surface area contributed by atoms with Crippen molar-refractivity contribution >= 4 is 11.9 Å². The van der Waals surface area contributed by atoms with Crippen LogP contribution < -0.4 is 5.32 Å². The molecule has 1 aromatic carbocycles. The number of hydrogen-bond donors (Lipinski definition) is 3. The molecule has 0 aliphatic carbocycles. The second-order valence-electron chi connectivity index (χ2n) is 5.15. The molecule has 1 amide bonds. The molecule has 23 heavy (non-hydrogen) atoms. The van der Waals surface area contributed by atoms with Crippen LogP contribution in [0.2, 0.25) is 0 Å². The molecule has 0 bridgehead atoms. The zero-order valence-electron chi connectivity index (χ0n) is 12.8. The highest BCUT2D eigenvalue weighted by Crippen LogP contribution is 2.18. The summed E-state index contributed by atoms with van der Waals surface area (Å²) in [7, 11) is 0. The van der Waals surface area contributed by atoms with E-state index in [1.807, 2.05) is 13.0 Å². The number of aromatic hydroxyl groups is 1. The number of carboxylic acids is 1. The van der Waals surface area contributed by atoms with Crippen LogP contribution >= 0.6 is 0 Å². The number of para-hydroxylation sites is 1. The first-order valence-electron chi connectivity index (χ1n) is 7.40. The van der Waals surface area contributed by atoms with E-state index in [-0.39, 0.29) is 11.4 Å². The Morgan fingerprint density at radius 2 is 2.00 bits per heavy atom. The van der Waals surface area contributed by atoms with Crippen LogP contribution in [0.25, 0.3) is 5.69 Å². The third-order valence-corrected chi connectivity index (χ3v) is 3.38. The molecule has 7 nitrogen and oxygen atoms in total. The van der Waals surface area contributed by atoms with E-state index in [0.717, 1.165) is 6.42 Å². The maximum atomic E-state index is 12.2. The fourth-order valence-corrected chi connectivity index (χ4v) is 2.13. The molecule has 0 saturated carbocycles. The van der Waals surface area contributed by atoms with Crippen LogP contribution in [0.15, 0.2) is 36.5 Å². The highest BCUT2D eigenvalue weighted by atomic mass is 16.4. The summed E-state index contributed by atoms with van der Waals surface area (Å²) >= 11 is 0. The summed E-state index contributed by atoms with van der Waals surface area (Å²) < 4.78 is 1.37. The van der Waals surface area contributed by atoms with Gasteiger partial charge >= 0.3 is 5.97 Å². The van der Waals surface area contributed by atoms with Crippen molar-refractivity contribution in [3.05, 3.63) is 42.2 Å². The maximum absolute atomic E-state index is 12.2. The number of aliphatic carboxylic acids is 1. The number of benzene rings is 1. The van der Waals surface area contributed by atoms with Gasteiger partial charge in [0.05, 0.1) is 11.9 Å². The van der Waals surface area contributed by atoms with Gasteiger partial charge in [-0.1, -0.05) is 38.0 Å². The number of amides is 1. The molecule has 1 atom stereocenters. The average Bonchev–Trinajstić information content (AvgIpc) is 2.94. The molecular formula is C16H19N3O4. The van der Waals surface area contributed by atoms with E-state index >= 15 is 0 Å². The molecule has 122 valence electrons. The summed E-state index contributed by atoms with van der Waals surface area (Å²) in [5.41, 5.74) is 0.485. The third-order valence-electron chi connectivity index (χ3n) is 3.38. The molecular weight excluding hydrogens is 298 g/mol. The Hall–Kier alpha value is -2.83. The van der Waals surface area contributed by atoms with Crippen LogP contribution in [0.4, 0.5) is 0 Å². The van der Waals surface area contributed by atoms with Gasteiger partial charge in [0.25, 0.3) is 5.91 Å². The van der Waals surface area contributed by atoms with Gasteiger partial charge in [-0.25, -0.2) is 9.48 Å². The highest BCUT2D eigenvalue weighted by molar-refractivity contribution is 5.97. The number of carbonyl (C=O) groups excluding carboxylic acids is 1. The van der Waals surface area contributed by atoms with Crippen molar-refractivity contribution in [2.24, 2.45) is 0 Å². The van der Waals surface area contributed by atoms with E-state index < -0.39 is 17.9 Å². The molecule has 0 aliphatic rings. The van der Waals surface area contributed by atoms with Crippen LogP contribution in [0.1, 0.15) is 36.7 Å². The Bertz CT molecular complexity index is 682. The Labute approximate surface area is 133 Å². The van der Waals surface area contributed by atoms with Gasteiger partial charge in [0, 0.05) is 0 Å². The number of nitrogens with zero attached hydrogens (tertiary/aromatic N) is 2. The van der Waals surface area contributed by atoms with Crippen LogP contribution in [-0.2, 0) is 4.79 Å². The maximum Gasteiger partial charge on any atom is 0.326 e. The van der Waals surface area contributed by atoms with Crippen molar-refractivity contribution in [3.63, 3.8) is 0 Å². The van der Waals surface area contributed by atoms with E-state index in [0.29, 0.717) is 18.5 Å². The molecule has 7 heteroatoms. The standard InChI is InChI=1S/C16H19N3O4/c1-2-3-9-12(16(22)23)17-15(21)14-13(20)10-19(18-14)11-7-5-4-6-8-11/h4-8,10,12,20H,2-3,9H2,1H3,(H,17,21)(H,22,23). The normalized spacial score (nSPS) is 11.9. The van der Waals surface area contributed by atoms with E-state index in [4.69, 9.17) is 5.11 Å². The summed E-state index contributed by atoms with van der Waals surface area (Å²) in [6, 6.07) is 8.00. The lowest BCUT2D eigenvalue weighted by atomic mass is 10.1. The van der Waals surface area contributed by atoms with Crippen LogP contribution in [0.5, 0.6) is 5.75 Å². The molecule has 0 spiro atoms. The van der Waals surface area contributed by atoms with Crippen LogP contribution in [0, 0.1) is 0 Å². The molecule has 0 radical (unpaired) electrons. The largest absolute Gasteiger partial charge is 0.504 e.